The first-order valence-corrected chi connectivity index (χ1v) is 11.9. The summed E-state index contributed by atoms with van der Waals surface area (Å²) < 4.78 is 13.3. The summed E-state index contributed by atoms with van der Waals surface area (Å²) >= 11 is 7.37. The van der Waals surface area contributed by atoms with Crippen LogP contribution in [0.15, 0.2) is 71.8 Å². The molecule has 2 heterocycles. The minimum atomic E-state index is -0.451. The minimum Gasteiger partial charge on any atom is -0.336 e. The quantitative estimate of drug-likeness (QED) is 0.294. The first-order chi connectivity index (χ1) is 16.1. The highest BCUT2D eigenvalue weighted by molar-refractivity contribution is 8.00. The maximum atomic E-state index is 13.3. The Morgan fingerprint density at radius 2 is 1.85 bits per heavy atom. The number of aromatic nitrogens is 2. The molecule has 0 aliphatic carbocycles. The van der Waals surface area contributed by atoms with Crippen molar-refractivity contribution in [3.8, 4) is 0 Å². The van der Waals surface area contributed by atoms with E-state index in [4.69, 9.17) is 21.6 Å². The third-order valence-corrected chi connectivity index (χ3v) is 6.82. The van der Waals surface area contributed by atoms with Crippen molar-refractivity contribution < 1.29 is 9.18 Å². The van der Waals surface area contributed by atoms with Crippen LogP contribution in [0.2, 0.25) is 5.02 Å². The summed E-state index contributed by atoms with van der Waals surface area (Å²) in [7, 11) is 0. The molecule has 8 heteroatoms. The fraction of sp³-hybridized carbons (Fsp3) is 0.160. The highest BCUT2D eigenvalue weighted by Gasteiger charge is 2.20. The molecular formula is C25H20ClFN4OS. The Morgan fingerprint density at radius 3 is 2.70 bits per heavy atom. The second kappa shape index (κ2) is 9.37. The Bertz CT molecular complexity index is 1350. The first kappa shape index (κ1) is 21.7. The van der Waals surface area contributed by atoms with E-state index in [1.165, 1.54) is 41.1 Å². The van der Waals surface area contributed by atoms with Crippen LogP contribution in [0.4, 0.5) is 16.0 Å². The van der Waals surface area contributed by atoms with Crippen molar-refractivity contribution >= 4 is 51.8 Å². The number of nitrogens with one attached hydrogen (secondary N) is 1. The van der Waals surface area contributed by atoms with E-state index in [0.717, 1.165) is 35.4 Å². The summed E-state index contributed by atoms with van der Waals surface area (Å²) in [5.41, 5.74) is 3.86. The fourth-order valence-electron chi connectivity index (χ4n) is 3.86. The molecule has 1 amide bonds. The van der Waals surface area contributed by atoms with Gasteiger partial charge in [0.1, 0.15) is 10.8 Å². The number of nitrogens with zero attached hydrogens (tertiary/aromatic N) is 3. The predicted octanol–water partition coefficient (Wildman–Crippen LogP) is 5.72. The van der Waals surface area contributed by atoms with Crippen LogP contribution in [-0.4, -0.2) is 28.2 Å². The summed E-state index contributed by atoms with van der Waals surface area (Å²) in [5.74, 6) is 0.0989. The molecule has 1 N–H and O–H groups in total. The van der Waals surface area contributed by atoms with Crippen molar-refractivity contribution in [2.45, 2.75) is 18.0 Å². The lowest BCUT2D eigenvalue weighted by molar-refractivity contribution is -0.113. The Kier molecular flexibility index (Phi) is 6.15. The number of hydrogen-bond donors (Lipinski definition) is 1. The summed E-state index contributed by atoms with van der Waals surface area (Å²) in [5, 5.41) is 4.54. The highest BCUT2D eigenvalue weighted by Crippen LogP contribution is 2.30. The molecule has 0 radical (unpaired) electrons. The van der Waals surface area contributed by atoms with Crippen LogP contribution in [0.1, 0.15) is 11.1 Å². The zero-order chi connectivity index (χ0) is 22.8. The third kappa shape index (κ3) is 4.79. The number of carbonyl (C=O) groups excluding carboxylic acids is 1. The van der Waals surface area contributed by atoms with E-state index in [0.29, 0.717) is 11.6 Å². The van der Waals surface area contributed by atoms with Gasteiger partial charge in [0.15, 0.2) is 0 Å². The summed E-state index contributed by atoms with van der Waals surface area (Å²) in [6, 6.07) is 20.1. The van der Waals surface area contributed by atoms with Gasteiger partial charge in [-0.3, -0.25) is 4.79 Å². The molecule has 5 nitrogen and oxygen atoms in total. The zero-order valence-corrected chi connectivity index (χ0v) is 19.2. The number of halogens is 2. The maximum Gasteiger partial charge on any atom is 0.234 e. The van der Waals surface area contributed by atoms with Crippen LogP contribution in [0.3, 0.4) is 0 Å². The highest BCUT2D eigenvalue weighted by atomic mass is 35.5. The molecule has 3 aromatic carbocycles. The molecular weight excluding hydrogens is 459 g/mol. The van der Waals surface area contributed by atoms with Crippen LogP contribution in [0, 0.1) is 5.82 Å². The van der Waals surface area contributed by atoms with Crippen molar-refractivity contribution in [2.24, 2.45) is 0 Å². The smallest absolute Gasteiger partial charge is 0.234 e. The van der Waals surface area contributed by atoms with Gasteiger partial charge < -0.3 is 10.2 Å². The van der Waals surface area contributed by atoms with Crippen molar-refractivity contribution in [2.75, 3.05) is 22.5 Å². The number of rotatable bonds is 5. The second-order valence-electron chi connectivity index (χ2n) is 7.75. The van der Waals surface area contributed by atoms with E-state index in [1.807, 2.05) is 24.3 Å². The van der Waals surface area contributed by atoms with Gasteiger partial charge in [0.25, 0.3) is 0 Å². The van der Waals surface area contributed by atoms with Crippen molar-refractivity contribution in [1.29, 1.82) is 0 Å². The SMILES string of the molecule is O=C(CSc1nc(N2CCc3ccccc3C2)nc2ccccc12)Nc1ccc(F)cc1Cl. The van der Waals surface area contributed by atoms with Gasteiger partial charge in [0.2, 0.25) is 11.9 Å². The third-order valence-electron chi connectivity index (χ3n) is 5.52. The van der Waals surface area contributed by atoms with Gasteiger partial charge in [-0.25, -0.2) is 14.4 Å². The monoisotopic (exact) mass is 478 g/mol. The molecule has 1 aromatic heterocycles. The van der Waals surface area contributed by atoms with E-state index in [-0.39, 0.29) is 16.7 Å². The Labute approximate surface area is 200 Å². The lowest BCUT2D eigenvalue weighted by Gasteiger charge is -2.29. The van der Waals surface area contributed by atoms with E-state index >= 15 is 0 Å². The van der Waals surface area contributed by atoms with Crippen molar-refractivity contribution in [1.82, 2.24) is 9.97 Å². The van der Waals surface area contributed by atoms with Crippen molar-refractivity contribution in [3.63, 3.8) is 0 Å². The van der Waals surface area contributed by atoms with Gasteiger partial charge in [-0.2, -0.15) is 0 Å². The molecule has 166 valence electrons. The molecule has 1 aliphatic heterocycles. The molecule has 0 saturated carbocycles. The number of para-hydroxylation sites is 1. The number of carbonyl (C=O) groups is 1. The van der Waals surface area contributed by atoms with E-state index in [1.54, 1.807) is 0 Å². The maximum absolute atomic E-state index is 13.3. The topological polar surface area (TPSA) is 58.1 Å². The lowest BCUT2D eigenvalue weighted by atomic mass is 10.0. The predicted molar refractivity (Wildman–Crippen MR) is 131 cm³/mol. The van der Waals surface area contributed by atoms with Crippen LogP contribution in [0.5, 0.6) is 0 Å². The largest absolute Gasteiger partial charge is 0.336 e. The van der Waals surface area contributed by atoms with Crippen LogP contribution in [-0.2, 0) is 17.8 Å². The molecule has 0 fully saturated rings. The molecule has 0 saturated heterocycles. The number of anilines is 2. The summed E-state index contributed by atoms with van der Waals surface area (Å²) in [4.78, 5) is 24.3. The lowest BCUT2D eigenvalue weighted by Crippen LogP contribution is -2.31. The number of hydrogen-bond acceptors (Lipinski definition) is 5. The van der Waals surface area contributed by atoms with E-state index in [9.17, 15) is 9.18 Å². The van der Waals surface area contributed by atoms with E-state index < -0.39 is 5.82 Å². The molecule has 33 heavy (non-hydrogen) atoms. The molecule has 4 aromatic rings. The number of thioether (sulfide) groups is 1. The molecule has 0 atom stereocenters. The Hall–Kier alpha value is -3.16. The number of fused-ring (bicyclic) bond motifs is 2. The molecule has 0 unspecified atom stereocenters. The standard InChI is InChI=1S/C25H20ClFN4OS/c26-20-13-18(27)9-10-22(20)28-23(32)15-33-24-19-7-3-4-8-21(19)29-25(30-24)31-12-11-16-5-1-2-6-17(16)14-31/h1-10,13H,11-12,14-15H2,(H,28,32). The molecule has 1 aliphatic rings. The average Bonchev–Trinajstić information content (AvgIpc) is 2.84. The van der Waals surface area contributed by atoms with Gasteiger partial charge in [0, 0.05) is 18.5 Å². The van der Waals surface area contributed by atoms with Crippen LogP contribution in [0.25, 0.3) is 10.9 Å². The zero-order valence-electron chi connectivity index (χ0n) is 17.6. The van der Waals surface area contributed by atoms with Crippen LogP contribution >= 0.6 is 23.4 Å². The average molecular weight is 479 g/mol. The fourth-order valence-corrected chi connectivity index (χ4v) is 4.89. The van der Waals surface area contributed by atoms with Crippen LogP contribution < -0.4 is 10.2 Å². The van der Waals surface area contributed by atoms with Crippen molar-refractivity contribution in [3.05, 3.63) is 88.7 Å². The van der Waals surface area contributed by atoms with Gasteiger partial charge in [-0.05, 0) is 41.8 Å². The van der Waals surface area contributed by atoms with Gasteiger partial charge in [0.05, 0.1) is 22.0 Å². The number of amides is 1. The second-order valence-corrected chi connectivity index (χ2v) is 9.12. The van der Waals surface area contributed by atoms with Gasteiger partial charge >= 0.3 is 0 Å². The minimum absolute atomic E-state index is 0.136. The molecule has 0 spiro atoms. The molecule has 5 rings (SSSR count). The molecule has 0 bridgehead atoms. The Balaban J connectivity index is 1.37. The number of benzene rings is 3. The van der Waals surface area contributed by atoms with Gasteiger partial charge in [-0.15, -0.1) is 0 Å². The van der Waals surface area contributed by atoms with E-state index in [2.05, 4.69) is 34.5 Å². The normalized spacial score (nSPS) is 13.1. The first-order valence-electron chi connectivity index (χ1n) is 10.5. The van der Waals surface area contributed by atoms with Gasteiger partial charge in [-0.1, -0.05) is 65.8 Å². The Morgan fingerprint density at radius 1 is 1.06 bits per heavy atom. The summed E-state index contributed by atoms with van der Waals surface area (Å²) in [6.45, 7) is 1.59. The summed E-state index contributed by atoms with van der Waals surface area (Å²) in [6.07, 6.45) is 0.940.